The maximum atomic E-state index is 12.2. The molecule has 5 nitrogen and oxygen atoms in total. The van der Waals surface area contributed by atoms with Gasteiger partial charge >= 0.3 is 6.03 Å². The number of anilines is 1. The number of rotatable bonds is 2. The first kappa shape index (κ1) is 14.5. The van der Waals surface area contributed by atoms with Crippen LogP contribution in [0.25, 0.3) is 5.57 Å². The summed E-state index contributed by atoms with van der Waals surface area (Å²) in [5.74, 6) is 0. The number of hydrogen-bond donors (Lipinski definition) is 1. The lowest BCUT2D eigenvalue weighted by atomic mass is 10.1. The fraction of sp³-hybridized carbons (Fsp3) is 0.188. The number of nitrogens with zero attached hydrogens (tertiary/aromatic N) is 3. The third kappa shape index (κ3) is 3.26. The van der Waals surface area contributed by atoms with E-state index in [2.05, 4.69) is 15.3 Å². The van der Waals surface area contributed by atoms with Crippen LogP contribution in [0.5, 0.6) is 0 Å². The van der Waals surface area contributed by atoms with Gasteiger partial charge in [-0.3, -0.25) is 4.98 Å². The second kappa shape index (κ2) is 6.58. The highest BCUT2D eigenvalue weighted by Crippen LogP contribution is 2.25. The largest absolute Gasteiger partial charge is 0.322 e. The van der Waals surface area contributed by atoms with Crippen molar-refractivity contribution in [2.75, 3.05) is 18.4 Å². The van der Waals surface area contributed by atoms with E-state index in [1.54, 1.807) is 17.3 Å². The molecular weight excluding hydrogens is 300 g/mol. The molecule has 22 heavy (non-hydrogen) atoms. The van der Waals surface area contributed by atoms with Crippen molar-refractivity contribution < 1.29 is 4.79 Å². The highest BCUT2D eigenvalue weighted by atomic mass is 35.5. The van der Waals surface area contributed by atoms with Crippen molar-refractivity contribution in [2.24, 2.45) is 0 Å². The predicted octanol–water partition coefficient (Wildman–Crippen LogP) is 3.45. The van der Waals surface area contributed by atoms with Gasteiger partial charge in [-0.05, 0) is 24.1 Å². The molecular formula is C16H15ClN4O. The Morgan fingerprint density at radius 1 is 1.18 bits per heavy atom. The molecule has 0 bridgehead atoms. The summed E-state index contributed by atoms with van der Waals surface area (Å²) in [6.45, 7) is 1.15. The molecule has 2 aromatic rings. The molecule has 0 saturated heterocycles. The van der Waals surface area contributed by atoms with Gasteiger partial charge in [-0.2, -0.15) is 0 Å². The fourth-order valence-corrected chi connectivity index (χ4v) is 2.56. The zero-order valence-electron chi connectivity index (χ0n) is 11.9. The van der Waals surface area contributed by atoms with Crippen LogP contribution < -0.4 is 5.32 Å². The number of carbonyl (C=O) groups is 1. The van der Waals surface area contributed by atoms with Gasteiger partial charge in [0.15, 0.2) is 5.15 Å². The van der Waals surface area contributed by atoms with Crippen molar-refractivity contribution >= 4 is 28.9 Å². The SMILES string of the molecule is O=C(Nc1ccccc1)N1CC=C(c2nccnc2Cl)CC1. The first-order chi connectivity index (χ1) is 10.7. The molecule has 1 aliphatic heterocycles. The number of halogens is 1. The summed E-state index contributed by atoms with van der Waals surface area (Å²) >= 11 is 6.06. The third-order valence-electron chi connectivity index (χ3n) is 3.48. The summed E-state index contributed by atoms with van der Waals surface area (Å²) in [7, 11) is 0. The zero-order chi connectivity index (χ0) is 15.4. The van der Waals surface area contributed by atoms with Crippen molar-refractivity contribution in [2.45, 2.75) is 6.42 Å². The molecule has 0 unspecified atom stereocenters. The number of para-hydroxylation sites is 1. The molecule has 0 aliphatic carbocycles. The zero-order valence-corrected chi connectivity index (χ0v) is 12.6. The minimum Gasteiger partial charge on any atom is -0.320 e. The van der Waals surface area contributed by atoms with Crippen LogP contribution in [-0.2, 0) is 0 Å². The smallest absolute Gasteiger partial charge is 0.320 e. The van der Waals surface area contributed by atoms with E-state index < -0.39 is 0 Å². The van der Waals surface area contributed by atoms with Crippen molar-refractivity contribution in [1.82, 2.24) is 14.9 Å². The minimum absolute atomic E-state index is 0.105. The van der Waals surface area contributed by atoms with E-state index in [-0.39, 0.29) is 6.03 Å². The number of aromatic nitrogens is 2. The molecule has 112 valence electrons. The Bertz CT molecular complexity index is 702. The number of nitrogens with one attached hydrogen (secondary N) is 1. The Hall–Kier alpha value is -2.40. The number of benzene rings is 1. The molecule has 1 aromatic carbocycles. The van der Waals surface area contributed by atoms with Crippen LogP contribution in [0.4, 0.5) is 10.5 Å². The van der Waals surface area contributed by atoms with Gasteiger partial charge in [0.2, 0.25) is 0 Å². The first-order valence-corrected chi connectivity index (χ1v) is 7.39. The van der Waals surface area contributed by atoms with Gasteiger partial charge in [0.25, 0.3) is 0 Å². The van der Waals surface area contributed by atoms with Gasteiger partial charge in [0.1, 0.15) is 5.69 Å². The van der Waals surface area contributed by atoms with Crippen LogP contribution in [-0.4, -0.2) is 34.0 Å². The topological polar surface area (TPSA) is 58.1 Å². The van der Waals surface area contributed by atoms with E-state index in [0.717, 1.165) is 11.3 Å². The number of urea groups is 1. The van der Waals surface area contributed by atoms with E-state index in [0.29, 0.717) is 30.4 Å². The Balaban J connectivity index is 1.66. The van der Waals surface area contributed by atoms with E-state index in [1.165, 1.54) is 0 Å². The number of carbonyl (C=O) groups excluding carboxylic acids is 1. The summed E-state index contributed by atoms with van der Waals surface area (Å²) in [4.78, 5) is 22.3. The van der Waals surface area contributed by atoms with Crippen LogP contribution in [0.1, 0.15) is 12.1 Å². The lowest BCUT2D eigenvalue weighted by molar-refractivity contribution is 0.217. The van der Waals surface area contributed by atoms with E-state index in [9.17, 15) is 4.79 Å². The Morgan fingerprint density at radius 3 is 2.64 bits per heavy atom. The molecule has 0 spiro atoms. The van der Waals surface area contributed by atoms with Crippen LogP contribution in [0.15, 0.2) is 48.8 Å². The second-order valence-electron chi connectivity index (χ2n) is 4.92. The second-order valence-corrected chi connectivity index (χ2v) is 5.28. The molecule has 1 N–H and O–H groups in total. The molecule has 3 rings (SSSR count). The third-order valence-corrected chi connectivity index (χ3v) is 3.76. The van der Waals surface area contributed by atoms with Crippen molar-refractivity contribution in [3.8, 4) is 0 Å². The minimum atomic E-state index is -0.105. The van der Waals surface area contributed by atoms with Gasteiger partial charge in [-0.1, -0.05) is 35.9 Å². The lowest BCUT2D eigenvalue weighted by Crippen LogP contribution is -2.37. The predicted molar refractivity (Wildman–Crippen MR) is 86.7 cm³/mol. The van der Waals surface area contributed by atoms with Gasteiger partial charge in [-0.25, -0.2) is 9.78 Å². The van der Waals surface area contributed by atoms with E-state index in [1.807, 2.05) is 36.4 Å². The van der Waals surface area contributed by atoms with E-state index in [4.69, 9.17) is 11.6 Å². The average molecular weight is 315 g/mol. The van der Waals surface area contributed by atoms with Crippen LogP contribution >= 0.6 is 11.6 Å². The average Bonchev–Trinajstić information content (AvgIpc) is 2.56. The maximum Gasteiger partial charge on any atom is 0.322 e. The summed E-state index contributed by atoms with van der Waals surface area (Å²) in [6.07, 6.45) is 5.87. The first-order valence-electron chi connectivity index (χ1n) is 7.01. The monoisotopic (exact) mass is 314 g/mol. The fourth-order valence-electron chi connectivity index (χ4n) is 2.33. The maximum absolute atomic E-state index is 12.2. The van der Waals surface area contributed by atoms with Crippen LogP contribution in [0.2, 0.25) is 5.15 Å². The quantitative estimate of drug-likeness (QED) is 0.923. The summed E-state index contributed by atoms with van der Waals surface area (Å²) in [5, 5.41) is 3.28. The van der Waals surface area contributed by atoms with Gasteiger partial charge in [-0.15, -0.1) is 0 Å². The summed E-state index contributed by atoms with van der Waals surface area (Å²) in [5.41, 5.74) is 2.52. The Kier molecular flexibility index (Phi) is 4.34. The Morgan fingerprint density at radius 2 is 1.95 bits per heavy atom. The number of amides is 2. The van der Waals surface area contributed by atoms with Gasteiger partial charge in [0.05, 0.1) is 0 Å². The molecule has 2 amide bonds. The van der Waals surface area contributed by atoms with Gasteiger partial charge in [0, 0.05) is 31.2 Å². The molecule has 0 atom stereocenters. The standard InChI is InChI=1S/C16H15ClN4O/c17-15-14(18-8-9-19-15)12-6-10-21(11-7-12)16(22)20-13-4-2-1-3-5-13/h1-6,8-9H,7,10-11H2,(H,20,22). The molecule has 1 aliphatic rings. The molecule has 0 saturated carbocycles. The number of hydrogen-bond acceptors (Lipinski definition) is 3. The van der Waals surface area contributed by atoms with Crippen LogP contribution in [0.3, 0.4) is 0 Å². The highest BCUT2D eigenvalue weighted by Gasteiger charge is 2.19. The summed E-state index contributed by atoms with van der Waals surface area (Å²) < 4.78 is 0. The van der Waals surface area contributed by atoms with Crippen molar-refractivity contribution in [1.29, 1.82) is 0 Å². The van der Waals surface area contributed by atoms with Crippen molar-refractivity contribution in [3.63, 3.8) is 0 Å². The normalized spacial score (nSPS) is 14.4. The van der Waals surface area contributed by atoms with Crippen molar-refractivity contribution in [3.05, 3.63) is 59.6 Å². The highest BCUT2D eigenvalue weighted by molar-refractivity contribution is 6.30. The molecule has 6 heteroatoms. The van der Waals surface area contributed by atoms with Gasteiger partial charge < -0.3 is 10.2 Å². The molecule has 0 radical (unpaired) electrons. The van der Waals surface area contributed by atoms with E-state index >= 15 is 0 Å². The molecule has 0 fully saturated rings. The summed E-state index contributed by atoms with van der Waals surface area (Å²) in [6, 6.07) is 9.31. The molecule has 2 heterocycles. The molecule has 1 aromatic heterocycles. The Labute approximate surface area is 133 Å². The van der Waals surface area contributed by atoms with Crippen LogP contribution in [0, 0.1) is 0 Å². The lowest BCUT2D eigenvalue weighted by Gasteiger charge is -2.26.